The first kappa shape index (κ1) is 19.4. The first-order chi connectivity index (χ1) is 13.4. The summed E-state index contributed by atoms with van der Waals surface area (Å²) < 4.78 is 5.05. The maximum Gasteiger partial charge on any atom is 0.318 e. The molecule has 1 aliphatic rings. The highest BCUT2D eigenvalue weighted by Gasteiger charge is 2.42. The van der Waals surface area contributed by atoms with E-state index in [4.69, 9.17) is 16.3 Å². The lowest BCUT2D eigenvalue weighted by atomic mass is 9.80. The zero-order valence-electron chi connectivity index (χ0n) is 14.7. The highest BCUT2D eigenvalue weighted by molar-refractivity contribution is 6.50. The van der Waals surface area contributed by atoms with Crippen molar-refractivity contribution >= 4 is 34.8 Å². The van der Waals surface area contributed by atoms with Gasteiger partial charge >= 0.3 is 5.97 Å². The van der Waals surface area contributed by atoms with Crippen molar-refractivity contribution < 1.29 is 24.0 Å². The van der Waals surface area contributed by atoms with Crippen LogP contribution in [0.3, 0.4) is 0 Å². The molecule has 3 rings (SSSR count). The van der Waals surface area contributed by atoms with Crippen molar-refractivity contribution in [1.82, 2.24) is 0 Å². The molecule has 1 atom stereocenters. The molecular weight excluding hydrogens is 386 g/mol. The molecule has 28 heavy (non-hydrogen) atoms. The number of para-hydroxylation sites is 1. The van der Waals surface area contributed by atoms with Gasteiger partial charge in [-0.15, -0.1) is 0 Å². The molecule has 0 aromatic heterocycles. The average molecular weight is 400 g/mol. The monoisotopic (exact) mass is 399 g/mol. The van der Waals surface area contributed by atoms with Gasteiger partial charge in [0.05, 0.1) is 16.6 Å². The molecule has 0 heterocycles. The maximum absolute atomic E-state index is 13.1. The minimum atomic E-state index is -1.50. The van der Waals surface area contributed by atoms with Crippen molar-refractivity contribution in [3.8, 4) is 0 Å². The van der Waals surface area contributed by atoms with E-state index in [-0.39, 0.29) is 34.6 Å². The lowest BCUT2D eigenvalue weighted by Crippen LogP contribution is -2.29. The number of nitro groups is 1. The van der Waals surface area contributed by atoms with Gasteiger partial charge < -0.3 is 4.74 Å². The number of benzene rings is 2. The molecule has 0 spiro atoms. The molecule has 0 bridgehead atoms. The molecule has 0 radical (unpaired) electrons. The van der Waals surface area contributed by atoms with Crippen LogP contribution in [-0.4, -0.2) is 29.1 Å². The van der Waals surface area contributed by atoms with E-state index in [1.807, 2.05) is 0 Å². The molecular formula is C20H14ClNO6. The fourth-order valence-corrected chi connectivity index (χ4v) is 3.44. The van der Waals surface area contributed by atoms with Gasteiger partial charge in [-0.1, -0.05) is 54.1 Å². The predicted octanol–water partition coefficient (Wildman–Crippen LogP) is 3.81. The fraction of sp³-hybridized carbons (Fsp3) is 0.150. The van der Waals surface area contributed by atoms with Crippen molar-refractivity contribution in [3.05, 3.63) is 85.9 Å². The Balaban J connectivity index is 2.27. The van der Waals surface area contributed by atoms with Gasteiger partial charge in [-0.05, 0) is 6.92 Å². The predicted molar refractivity (Wildman–Crippen MR) is 100 cm³/mol. The molecule has 142 valence electrons. The molecule has 0 amide bonds. The Labute approximate surface area is 164 Å². The third-order valence-electron chi connectivity index (χ3n) is 4.35. The van der Waals surface area contributed by atoms with Gasteiger partial charge in [0.2, 0.25) is 5.78 Å². The number of fused-ring (bicyclic) bond motifs is 1. The summed E-state index contributed by atoms with van der Waals surface area (Å²) in [5.41, 5.74) is -0.569. The second-order valence-electron chi connectivity index (χ2n) is 5.93. The number of hydrogen-bond donors (Lipinski definition) is 0. The molecule has 0 N–H and O–H groups in total. The van der Waals surface area contributed by atoms with Gasteiger partial charge in [0.15, 0.2) is 5.78 Å². The first-order valence-corrected chi connectivity index (χ1v) is 8.74. The van der Waals surface area contributed by atoms with Crippen molar-refractivity contribution in [2.45, 2.75) is 12.8 Å². The summed E-state index contributed by atoms with van der Waals surface area (Å²) in [6.45, 7) is 1.55. The largest absolute Gasteiger partial charge is 0.465 e. The first-order valence-electron chi connectivity index (χ1n) is 8.36. The SMILES string of the molecule is CCOC(=O)C(C1=C(Cl)C(=O)c2ccccc2C1=O)c1ccccc1[N+](=O)[O-]. The highest BCUT2D eigenvalue weighted by Crippen LogP contribution is 2.40. The molecule has 2 aromatic rings. The summed E-state index contributed by atoms with van der Waals surface area (Å²) in [6, 6.07) is 11.5. The Morgan fingerprint density at radius 1 is 1.07 bits per heavy atom. The van der Waals surface area contributed by atoms with Crippen LogP contribution in [0, 0.1) is 10.1 Å². The van der Waals surface area contributed by atoms with Crippen LogP contribution in [0.25, 0.3) is 0 Å². The number of nitro benzene ring substituents is 1. The number of ether oxygens (including phenoxy) is 1. The van der Waals surface area contributed by atoms with Crippen molar-refractivity contribution in [2.75, 3.05) is 6.61 Å². The van der Waals surface area contributed by atoms with E-state index in [9.17, 15) is 24.5 Å². The second-order valence-corrected chi connectivity index (χ2v) is 6.31. The summed E-state index contributed by atoms with van der Waals surface area (Å²) in [5.74, 6) is -3.67. The summed E-state index contributed by atoms with van der Waals surface area (Å²) in [4.78, 5) is 49.3. The number of carbonyl (C=O) groups is 3. The normalized spacial score (nSPS) is 14.5. The Morgan fingerprint density at radius 2 is 1.64 bits per heavy atom. The molecule has 0 aliphatic heterocycles. The molecule has 0 saturated heterocycles. The molecule has 0 fully saturated rings. The van der Waals surface area contributed by atoms with Crippen LogP contribution in [0.15, 0.2) is 59.1 Å². The summed E-state index contributed by atoms with van der Waals surface area (Å²) in [7, 11) is 0. The molecule has 1 unspecified atom stereocenters. The van der Waals surface area contributed by atoms with E-state index in [1.165, 1.54) is 36.4 Å². The van der Waals surface area contributed by atoms with Crippen molar-refractivity contribution in [2.24, 2.45) is 0 Å². The average Bonchev–Trinajstić information content (AvgIpc) is 2.69. The summed E-state index contributed by atoms with van der Waals surface area (Å²) in [6.07, 6.45) is 0. The number of ketones is 2. The maximum atomic E-state index is 13.1. The fourth-order valence-electron chi connectivity index (χ4n) is 3.15. The van der Waals surface area contributed by atoms with Crippen LogP contribution >= 0.6 is 11.6 Å². The van der Waals surface area contributed by atoms with Crippen LogP contribution in [0.4, 0.5) is 5.69 Å². The Kier molecular flexibility index (Phi) is 5.37. The third kappa shape index (κ3) is 3.20. The number of hydrogen-bond acceptors (Lipinski definition) is 6. The topological polar surface area (TPSA) is 104 Å². The van der Waals surface area contributed by atoms with Crippen LogP contribution in [-0.2, 0) is 9.53 Å². The number of halogens is 1. The van der Waals surface area contributed by atoms with Crippen LogP contribution in [0.5, 0.6) is 0 Å². The lowest BCUT2D eigenvalue weighted by Gasteiger charge is -2.23. The standard InChI is InChI=1S/C20H14ClNO6/c1-2-28-20(25)15(13-9-5-6-10-14(13)22(26)27)16-17(21)19(24)12-8-4-3-7-11(12)18(16)23/h3-10,15H,2H2,1H3. The quantitative estimate of drug-likeness (QED) is 0.430. The smallest absolute Gasteiger partial charge is 0.318 e. The third-order valence-corrected chi connectivity index (χ3v) is 4.73. The van der Waals surface area contributed by atoms with Gasteiger partial charge in [0, 0.05) is 28.3 Å². The Morgan fingerprint density at radius 3 is 2.25 bits per heavy atom. The van der Waals surface area contributed by atoms with Crippen LogP contribution < -0.4 is 0 Å². The van der Waals surface area contributed by atoms with Crippen LogP contribution in [0.1, 0.15) is 39.1 Å². The Hall–Kier alpha value is -3.32. The zero-order valence-corrected chi connectivity index (χ0v) is 15.4. The summed E-state index contributed by atoms with van der Waals surface area (Å²) >= 11 is 6.21. The molecule has 1 aliphatic carbocycles. The van der Waals surface area contributed by atoms with Gasteiger partial charge in [-0.3, -0.25) is 24.5 Å². The highest BCUT2D eigenvalue weighted by atomic mass is 35.5. The number of carbonyl (C=O) groups excluding carboxylic acids is 3. The van der Waals surface area contributed by atoms with E-state index < -0.39 is 33.4 Å². The van der Waals surface area contributed by atoms with Crippen molar-refractivity contribution in [1.29, 1.82) is 0 Å². The van der Waals surface area contributed by atoms with E-state index in [0.717, 1.165) is 0 Å². The van der Waals surface area contributed by atoms with E-state index in [2.05, 4.69) is 0 Å². The minimum absolute atomic E-state index is 0.0143. The minimum Gasteiger partial charge on any atom is -0.465 e. The molecule has 8 heteroatoms. The number of nitrogens with zero attached hydrogens (tertiary/aromatic N) is 1. The second kappa shape index (κ2) is 7.74. The summed E-state index contributed by atoms with van der Waals surface area (Å²) in [5, 5.41) is 11.0. The van der Waals surface area contributed by atoms with Gasteiger partial charge in [0.25, 0.3) is 5.69 Å². The zero-order chi connectivity index (χ0) is 20.4. The van der Waals surface area contributed by atoms with Gasteiger partial charge in [-0.25, -0.2) is 0 Å². The van der Waals surface area contributed by atoms with Gasteiger partial charge in [-0.2, -0.15) is 0 Å². The lowest BCUT2D eigenvalue weighted by molar-refractivity contribution is -0.385. The van der Waals surface area contributed by atoms with Crippen molar-refractivity contribution in [3.63, 3.8) is 0 Å². The molecule has 7 nitrogen and oxygen atoms in total. The van der Waals surface area contributed by atoms with Crippen LogP contribution in [0.2, 0.25) is 0 Å². The molecule has 0 saturated carbocycles. The number of rotatable bonds is 5. The van der Waals surface area contributed by atoms with E-state index >= 15 is 0 Å². The molecule has 2 aromatic carbocycles. The van der Waals surface area contributed by atoms with E-state index in [0.29, 0.717) is 0 Å². The van der Waals surface area contributed by atoms with E-state index in [1.54, 1.807) is 19.1 Å². The van der Waals surface area contributed by atoms with Gasteiger partial charge in [0.1, 0.15) is 5.92 Å². The Bertz CT molecular complexity index is 1040. The number of esters is 1. The number of allylic oxidation sites excluding steroid dienone is 1. The number of Topliss-reactive ketones (excluding diaryl/α,β-unsaturated/α-hetero) is 2.